The number of carbonyl (C=O) groups is 2. The normalized spacial score (nSPS) is 27.8. The Morgan fingerprint density at radius 2 is 2.04 bits per heavy atom. The van der Waals surface area contributed by atoms with Crippen LogP contribution in [0.1, 0.15) is 13.8 Å². The quantitative estimate of drug-likeness (QED) is 0.738. The van der Waals surface area contributed by atoms with E-state index in [1.807, 2.05) is 0 Å². The standard InChI is InChI=1S/C15H25F2N3O4/c1-14(2)11(15(14,16)17)6-18-13(23)20-4-5-24-10(8-20)7-19(3)9-12(21)22/h10-11H,4-9H2,1-3H3,(H,18,23)(H,21,22). The van der Waals surface area contributed by atoms with E-state index in [-0.39, 0.29) is 25.2 Å². The summed E-state index contributed by atoms with van der Waals surface area (Å²) in [4.78, 5) is 26.0. The molecule has 0 bridgehead atoms. The van der Waals surface area contributed by atoms with Crippen LogP contribution in [0.15, 0.2) is 0 Å². The molecule has 1 heterocycles. The number of amides is 2. The molecule has 2 rings (SSSR count). The van der Waals surface area contributed by atoms with Crippen molar-refractivity contribution < 1.29 is 28.2 Å². The summed E-state index contributed by atoms with van der Waals surface area (Å²) < 4.78 is 32.6. The molecule has 2 atom stereocenters. The molecule has 0 aromatic rings. The van der Waals surface area contributed by atoms with Crippen LogP contribution in [-0.2, 0) is 9.53 Å². The van der Waals surface area contributed by atoms with E-state index in [9.17, 15) is 18.4 Å². The summed E-state index contributed by atoms with van der Waals surface area (Å²) >= 11 is 0. The van der Waals surface area contributed by atoms with Crippen molar-refractivity contribution >= 4 is 12.0 Å². The Morgan fingerprint density at radius 1 is 1.42 bits per heavy atom. The van der Waals surface area contributed by atoms with Crippen LogP contribution in [-0.4, -0.2) is 85.3 Å². The van der Waals surface area contributed by atoms with Gasteiger partial charge in [-0.3, -0.25) is 9.69 Å². The summed E-state index contributed by atoms with van der Waals surface area (Å²) in [6.45, 7) is 4.22. The van der Waals surface area contributed by atoms with Crippen molar-refractivity contribution in [1.82, 2.24) is 15.1 Å². The lowest BCUT2D eigenvalue weighted by Gasteiger charge is -2.34. The molecule has 0 spiro atoms. The van der Waals surface area contributed by atoms with Crippen LogP contribution >= 0.6 is 0 Å². The van der Waals surface area contributed by atoms with E-state index < -0.39 is 23.2 Å². The lowest BCUT2D eigenvalue weighted by atomic mass is 10.1. The van der Waals surface area contributed by atoms with Gasteiger partial charge in [-0.2, -0.15) is 0 Å². The van der Waals surface area contributed by atoms with Crippen LogP contribution in [0, 0.1) is 11.3 Å². The molecule has 2 unspecified atom stereocenters. The average molecular weight is 349 g/mol. The van der Waals surface area contributed by atoms with Gasteiger partial charge in [0.2, 0.25) is 0 Å². The molecule has 2 N–H and O–H groups in total. The minimum absolute atomic E-state index is 0.0558. The molecule has 2 aliphatic rings. The van der Waals surface area contributed by atoms with Gasteiger partial charge in [-0.05, 0) is 7.05 Å². The van der Waals surface area contributed by atoms with Crippen LogP contribution in [0.5, 0.6) is 0 Å². The van der Waals surface area contributed by atoms with Crippen molar-refractivity contribution in [2.24, 2.45) is 11.3 Å². The number of carbonyl (C=O) groups excluding carboxylic acids is 1. The Hall–Kier alpha value is -1.48. The fourth-order valence-corrected chi connectivity index (χ4v) is 3.10. The monoisotopic (exact) mass is 349 g/mol. The average Bonchev–Trinajstić information content (AvgIpc) is 2.85. The molecule has 138 valence electrons. The van der Waals surface area contributed by atoms with Gasteiger partial charge < -0.3 is 20.1 Å². The molecule has 0 aromatic carbocycles. The Kier molecular flexibility index (Phi) is 5.34. The van der Waals surface area contributed by atoms with E-state index in [0.717, 1.165) is 0 Å². The number of morpholine rings is 1. The minimum atomic E-state index is -2.74. The number of carboxylic acid groups (broad SMARTS) is 1. The second-order valence-corrected chi connectivity index (χ2v) is 7.11. The third-order valence-corrected chi connectivity index (χ3v) is 4.89. The molecule has 0 aromatic heterocycles. The van der Waals surface area contributed by atoms with Gasteiger partial charge in [-0.15, -0.1) is 0 Å². The van der Waals surface area contributed by atoms with Crippen molar-refractivity contribution in [2.45, 2.75) is 25.9 Å². The van der Waals surface area contributed by atoms with Crippen LogP contribution < -0.4 is 5.32 Å². The van der Waals surface area contributed by atoms with Gasteiger partial charge >= 0.3 is 12.0 Å². The summed E-state index contributed by atoms with van der Waals surface area (Å²) in [6.07, 6.45) is -0.298. The van der Waals surface area contributed by atoms with E-state index in [0.29, 0.717) is 26.2 Å². The Balaban J connectivity index is 1.77. The first kappa shape index (κ1) is 18.9. The van der Waals surface area contributed by atoms with Crippen molar-refractivity contribution in [1.29, 1.82) is 0 Å². The lowest BCUT2D eigenvalue weighted by molar-refractivity contribution is -0.138. The Bertz CT molecular complexity index is 487. The van der Waals surface area contributed by atoms with Gasteiger partial charge in [-0.25, -0.2) is 13.6 Å². The maximum Gasteiger partial charge on any atom is 0.317 e. The zero-order chi connectivity index (χ0) is 18.1. The summed E-state index contributed by atoms with van der Waals surface area (Å²) in [5, 5.41) is 11.3. The smallest absolute Gasteiger partial charge is 0.317 e. The molecule has 1 saturated heterocycles. The fourth-order valence-electron chi connectivity index (χ4n) is 3.10. The van der Waals surface area contributed by atoms with Crippen LogP contribution in [0.4, 0.5) is 13.6 Å². The van der Waals surface area contributed by atoms with Gasteiger partial charge in [0.25, 0.3) is 5.92 Å². The number of nitrogens with one attached hydrogen (secondary N) is 1. The van der Waals surface area contributed by atoms with Crippen molar-refractivity contribution in [3.8, 4) is 0 Å². The molecule has 1 aliphatic carbocycles. The number of hydrogen-bond donors (Lipinski definition) is 2. The highest BCUT2D eigenvalue weighted by Crippen LogP contribution is 2.65. The number of carboxylic acids is 1. The topological polar surface area (TPSA) is 82.1 Å². The largest absolute Gasteiger partial charge is 0.480 e. The molecular formula is C15H25F2N3O4. The number of ether oxygens (including phenoxy) is 1. The van der Waals surface area contributed by atoms with E-state index in [1.54, 1.807) is 11.9 Å². The van der Waals surface area contributed by atoms with Gasteiger partial charge in [0.15, 0.2) is 0 Å². The van der Waals surface area contributed by atoms with Gasteiger partial charge in [0, 0.05) is 31.6 Å². The predicted molar refractivity (Wildman–Crippen MR) is 82.1 cm³/mol. The molecule has 2 fully saturated rings. The molecule has 2 amide bonds. The highest BCUT2D eigenvalue weighted by atomic mass is 19.3. The Labute approximate surface area is 139 Å². The highest BCUT2D eigenvalue weighted by molar-refractivity contribution is 5.74. The highest BCUT2D eigenvalue weighted by Gasteiger charge is 2.74. The molecule has 7 nitrogen and oxygen atoms in total. The van der Waals surface area contributed by atoms with Crippen molar-refractivity contribution in [3.05, 3.63) is 0 Å². The fraction of sp³-hybridized carbons (Fsp3) is 0.867. The summed E-state index contributed by atoms with van der Waals surface area (Å²) in [5.41, 5.74) is -1.08. The third kappa shape index (κ3) is 3.94. The first-order valence-corrected chi connectivity index (χ1v) is 7.98. The minimum Gasteiger partial charge on any atom is -0.480 e. The number of hydrogen-bond acceptors (Lipinski definition) is 4. The number of urea groups is 1. The predicted octanol–water partition coefficient (Wildman–Crippen LogP) is 0.705. The maximum atomic E-state index is 13.5. The molecule has 9 heteroatoms. The molecule has 0 radical (unpaired) electrons. The number of nitrogens with zero attached hydrogens (tertiary/aromatic N) is 2. The van der Waals surface area contributed by atoms with E-state index in [2.05, 4.69) is 5.32 Å². The number of rotatable bonds is 6. The number of halogens is 2. The number of aliphatic carboxylic acids is 1. The van der Waals surface area contributed by atoms with Crippen molar-refractivity contribution in [3.63, 3.8) is 0 Å². The number of alkyl halides is 2. The van der Waals surface area contributed by atoms with Crippen LogP contribution in [0.2, 0.25) is 0 Å². The van der Waals surface area contributed by atoms with E-state index >= 15 is 0 Å². The summed E-state index contributed by atoms with van der Waals surface area (Å²) in [6, 6.07) is -0.386. The zero-order valence-electron chi connectivity index (χ0n) is 14.2. The van der Waals surface area contributed by atoms with E-state index in [4.69, 9.17) is 9.84 Å². The zero-order valence-corrected chi connectivity index (χ0v) is 14.2. The number of likely N-dealkylation sites (N-methyl/N-ethyl adjacent to an activating group) is 1. The summed E-state index contributed by atoms with van der Waals surface area (Å²) in [7, 11) is 1.66. The maximum absolute atomic E-state index is 13.5. The first-order chi connectivity index (χ1) is 11.1. The summed E-state index contributed by atoms with van der Waals surface area (Å²) in [5.74, 6) is -4.52. The van der Waals surface area contributed by atoms with Gasteiger partial charge in [0.05, 0.1) is 25.2 Å². The molecule has 1 aliphatic heterocycles. The SMILES string of the molecule is CN(CC(=O)O)CC1CN(C(=O)NCC2C(C)(C)C2(F)F)CCO1. The van der Waals surface area contributed by atoms with Crippen LogP contribution in [0.25, 0.3) is 0 Å². The van der Waals surface area contributed by atoms with Gasteiger partial charge in [0.1, 0.15) is 0 Å². The Morgan fingerprint density at radius 3 is 2.58 bits per heavy atom. The molecular weight excluding hydrogens is 324 g/mol. The second-order valence-electron chi connectivity index (χ2n) is 7.11. The lowest BCUT2D eigenvalue weighted by Crippen LogP contribution is -2.52. The second kappa shape index (κ2) is 6.79. The van der Waals surface area contributed by atoms with Crippen molar-refractivity contribution in [2.75, 3.05) is 46.4 Å². The van der Waals surface area contributed by atoms with E-state index in [1.165, 1.54) is 18.7 Å². The third-order valence-electron chi connectivity index (χ3n) is 4.89. The molecule has 24 heavy (non-hydrogen) atoms. The van der Waals surface area contributed by atoms with Gasteiger partial charge in [-0.1, -0.05) is 13.8 Å². The molecule has 1 saturated carbocycles. The first-order valence-electron chi connectivity index (χ1n) is 7.98. The van der Waals surface area contributed by atoms with Crippen LogP contribution in [0.3, 0.4) is 0 Å².